The monoisotopic (exact) mass is 547 g/mol. The molecule has 9 aromatic rings. The molecular formula is C42H26O. The molecule has 0 atom stereocenters. The summed E-state index contributed by atoms with van der Waals surface area (Å²) in [6.45, 7) is 0. The molecule has 1 heterocycles. The van der Waals surface area contributed by atoms with Crippen LogP contribution in [-0.2, 0) is 0 Å². The van der Waals surface area contributed by atoms with Crippen LogP contribution in [0.3, 0.4) is 0 Å². The van der Waals surface area contributed by atoms with Crippen molar-refractivity contribution in [3.8, 4) is 33.4 Å². The van der Waals surface area contributed by atoms with Gasteiger partial charge in [0.25, 0.3) is 0 Å². The van der Waals surface area contributed by atoms with Crippen LogP contribution in [0.4, 0.5) is 0 Å². The number of hydrogen-bond acceptors (Lipinski definition) is 1. The standard InChI is InChI=1S/C42H26O/c1-2-10-30-25-32(22-19-27(30)9-1)42-36-14-5-3-12-34(36)41(35-13-4-6-15-37(35)42)29-20-17-28(18-21-29)31-23-24-40-38(26-31)33-11-7-8-16-39(33)43-40/h1-26H/i1D. The van der Waals surface area contributed by atoms with Gasteiger partial charge in [0.05, 0.1) is 1.37 Å². The van der Waals surface area contributed by atoms with E-state index in [0.717, 1.165) is 32.7 Å². The highest BCUT2D eigenvalue weighted by Gasteiger charge is 2.17. The van der Waals surface area contributed by atoms with E-state index in [9.17, 15) is 0 Å². The largest absolute Gasteiger partial charge is 0.456 e. The summed E-state index contributed by atoms with van der Waals surface area (Å²) in [5, 5.41) is 9.47. The summed E-state index contributed by atoms with van der Waals surface area (Å²) in [5.74, 6) is 0. The Bertz CT molecular complexity index is 2500. The zero-order chi connectivity index (χ0) is 29.2. The first-order valence-electron chi connectivity index (χ1n) is 15.2. The maximum Gasteiger partial charge on any atom is 0.135 e. The summed E-state index contributed by atoms with van der Waals surface area (Å²) in [4.78, 5) is 0. The van der Waals surface area contributed by atoms with Gasteiger partial charge in [-0.3, -0.25) is 0 Å². The minimum atomic E-state index is 0.534. The van der Waals surface area contributed by atoms with Crippen molar-refractivity contribution in [2.24, 2.45) is 0 Å². The second-order valence-electron chi connectivity index (χ2n) is 11.2. The van der Waals surface area contributed by atoms with E-state index in [-0.39, 0.29) is 0 Å². The topological polar surface area (TPSA) is 13.1 Å². The summed E-state index contributed by atoms with van der Waals surface area (Å²) in [6.07, 6.45) is 0. The predicted octanol–water partition coefficient (Wildman–Crippen LogP) is 12.0. The molecule has 0 amide bonds. The molecule has 0 N–H and O–H groups in total. The lowest BCUT2D eigenvalue weighted by molar-refractivity contribution is 0.669. The third-order valence-corrected chi connectivity index (χ3v) is 8.79. The first-order chi connectivity index (χ1) is 21.7. The van der Waals surface area contributed by atoms with Gasteiger partial charge in [0, 0.05) is 10.8 Å². The number of para-hydroxylation sites is 1. The summed E-state index contributed by atoms with van der Waals surface area (Å²) in [6, 6.07) is 54.2. The summed E-state index contributed by atoms with van der Waals surface area (Å²) < 4.78 is 14.1. The van der Waals surface area contributed by atoms with Crippen LogP contribution in [0.1, 0.15) is 1.37 Å². The van der Waals surface area contributed by atoms with E-state index < -0.39 is 0 Å². The van der Waals surface area contributed by atoms with Gasteiger partial charge in [0.1, 0.15) is 11.2 Å². The van der Waals surface area contributed by atoms with E-state index in [2.05, 4.69) is 121 Å². The molecule has 0 saturated carbocycles. The van der Waals surface area contributed by atoms with Gasteiger partial charge in [-0.2, -0.15) is 0 Å². The van der Waals surface area contributed by atoms with Crippen molar-refractivity contribution in [1.82, 2.24) is 0 Å². The second-order valence-corrected chi connectivity index (χ2v) is 11.2. The minimum absolute atomic E-state index is 0.534. The van der Waals surface area contributed by atoms with Crippen LogP contribution in [0.5, 0.6) is 0 Å². The van der Waals surface area contributed by atoms with Crippen LogP contribution in [0, 0.1) is 0 Å². The second kappa shape index (κ2) is 9.44. The van der Waals surface area contributed by atoms with Crippen molar-refractivity contribution in [3.63, 3.8) is 0 Å². The quantitative estimate of drug-likeness (QED) is 0.201. The smallest absolute Gasteiger partial charge is 0.135 e. The normalized spacial score (nSPS) is 12.0. The molecule has 0 spiro atoms. The Morgan fingerprint density at radius 1 is 0.349 bits per heavy atom. The molecule has 1 aromatic heterocycles. The highest BCUT2D eigenvalue weighted by Crippen LogP contribution is 2.44. The summed E-state index contributed by atoms with van der Waals surface area (Å²) in [5.41, 5.74) is 9.07. The van der Waals surface area contributed by atoms with E-state index in [1.165, 1.54) is 54.9 Å². The van der Waals surface area contributed by atoms with E-state index >= 15 is 0 Å². The lowest BCUT2D eigenvalue weighted by Crippen LogP contribution is -1.91. The minimum Gasteiger partial charge on any atom is -0.456 e. The first-order valence-corrected chi connectivity index (χ1v) is 14.7. The van der Waals surface area contributed by atoms with Crippen LogP contribution in [0.15, 0.2) is 162 Å². The molecule has 0 fully saturated rings. The van der Waals surface area contributed by atoms with Gasteiger partial charge < -0.3 is 4.42 Å². The van der Waals surface area contributed by atoms with E-state index in [1.54, 1.807) is 0 Å². The van der Waals surface area contributed by atoms with Crippen LogP contribution < -0.4 is 0 Å². The third kappa shape index (κ3) is 3.79. The fraction of sp³-hybridized carbons (Fsp3) is 0. The van der Waals surface area contributed by atoms with Gasteiger partial charge >= 0.3 is 0 Å². The van der Waals surface area contributed by atoms with E-state index in [4.69, 9.17) is 5.79 Å². The Morgan fingerprint density at radius 3 is 1.63 bits per heavy atom. The molecule has 0 aliphatic rings. The SMILES string of the molecule is [2H]c1ccc2cc(-c3c4ccccc4c(-c4ccc(-c5ccc6oc7ccccc7c6c5)cc4)c4ccccc34)ccc2c1. The van der Waals surface area contributed by atoms with Crippen molar-refractivity contribution < 1.29 is 5.79 Å². The van der Waals surface area contributed by atoms with Gasteiger partial charge in [-0.25, -0.2) is 0 Å². The molecule has 9 rings (SSSR count). The van der Waals surface area contributed by atoms with E-state index in [1.807, 2.05) is 30.3 Å². The van der Waals surface area contributed by atoms with Crippen LogP contribution in [0.2, 0.25) is 0 Å². The van der Waals surface area contributed by atoms with Gasteiger partial charge in [-0.15, -0.1) is 0 Å². The number of rotatable bonds is 3. The molecule has 200 valence electrons. The average molecular weight is 548 g/mol. The van der Waals surface area contributed by atoms with Crippen LogP contribution >= 0.6 is 0 Å². The van der Waals surface area contributed by atoms with E-state index in [0.29, 0.717) is 6.04 Å². The molecule has 0 bridgehead atoms. The molecule has 0 unspecified atom stereocenters. The fourth-order valence-corrected chi connectivity index (χ4v) is 6.77. The molecule has 0 aliphatic carbocycles. The van der Waals surface area contributed by atoms with Gasteiger partial charge in [0.15, 0.2) is 0 Å². The molecule has 0 saturated heterocycles. The highest BCUT2D eigenvalue weighted by atomic mass is 16.3. The van der Waals surface area contributed by atoms with Gasteiger partial charge in [0.2, 0.25) is 0 Å². The Kier molecular flexibility index (Phi) is 5.04. The van der Waals surface area contributed by atoms with Crippen LogP contribution in [-0.4, -0.2) is 0 Å². The summed E-state index contributed by atoms with van der Waals surface area (Å²) in [7, 11) is 0. The number of fused-ring (bicyclic) bond motifs is 6. The van der Waals surface area contributed by atoms with Crippen molar-refractivity contribution in [3.05, 3.63) is 158 Å². The number of furan rings is 1. The molecule has 1 nitrogen and oxygen atoms in total. The Hall–Kier alpha value is -5.66. The lowest BCUT2D eigenvalue weighted by Gasteiger charge is -2.18. The Balaban J connectivity index is 1.22. The Morgan fingerprint density at radius 2 is 0.907 bits per heavy atom. The summed E-state index contributed by atoms with van der Waals surface area (Å²) >= 11 is 0. The zero-order valence-electron chi connectivity index (χ0n) is 24.3. The highest BCUT2D eigenvalue weighted by molar-refractivity contribution is 6.21. The van der Waals surface area contributed by atoms with Crippen molar-refractivity contribution >= 4 is 54.3 Å². The average Bonchev–Trinajstić information content (AvgIpc) is 3.45. The molecular weight excluding hydrogens is 520 g/mol. The molecule has 1 heteroatoms. The molecule has 0 aliphatic heterocycles. The maximum absolute atomic E-state index is 8.03. The van der Waals surface area contributed by atoms with Crippen molar-refractivity contribution in [1.29, 1.82) is 0 Å². The van der Waals surface area contributed by atoms with Crippen molar-refractivity contribution in [2.45, 2.75) is 0 Å². The zero-order valence-corrected chi connectivity index (χ0v) is 23.3. The van der Waals surface area contributed by atoms with Crippen LogP contribution in [0.25, 0.3) is 87.6 Å². The van der Waals surface area contributed by atoms with Crippen molar-refractivity contribution in [2.75, 3.05) is 0 Å². The molecule has 8 aromatic carbocycles. The molecule has 43 heavy (non-hydrogen) atoms. The fourth-order valence-electron chi connectivity index (χ4n) is 6.77. The van der Waals surface area contributed by atoms with Gasteiger partial charge in [-0.1, -0.05) is 133 Å². The first kappa shape index (κ1) is 23.0. The maximum atomic E-state index is 8.03. The third-order valence-electron chi connectivity index (χ3n) is 8.79. The predicted molar refractivity (Wildman–Crippen MR) is 183 cm³/mol. The number of benzene rings is 8. The Labute approximate surface area is 250 Å². The van der Waals surface area contributed by atoms with Gasteiger partial charge in [-0.05, 0) is 90.0 Å². The number of hydrogen-bond donors (Lipinski definition) is 0. The molecule has 0 radical (unpaired) electrons. The lowest BCUT2D eigenvalue weighted by atomic mass is 9.85.